The predicted molar refractivity (Wildman–Crippen MR) is 99.0 cm³/mol. The highest BCUT2D eigenvalue weighted by atomic mass is 35.5. The quantitative estimate of drug-likeness (QED) is 0.550. The standard InChI is InChI=1S/C20H21ClF5NO/c1-2-15-10-17(7-8-18(15)21)28-12-14(11-27)9-13-3-5-16(6-4-13)19(22,23)20(24,25)26/h3-8,10,14H,2,9,11-12,27H2,1H3. The van der Waals surface area contributed by atoms with Gasteiger partial charge in [0, 0.05) is 16.5 Å². The van der Waals surface area contributed by atoms with Crippen LogP contribution in [0.2, 0.25) is 5.02 Å². The molecule has 0 aliphatic carbocycles. The van der Waals surface area contributed by atoms with Gasteiger partial charge in [-0.1, -0.05) is 42.8 Å². The molecule has 28 heavy (non-hydrogen) atoms. The van der Waals surface area contributed by atoms with Gasteiger partial charge in [-0.05, 0) is 48.7 Å². The largest absolute Gasteiger partial charge is 0.493 e. The Morgan fingerprint density at radius 2 is 1.68 bits per heavy atom. The molecule has 1 atom stereocenters. The van der Waals surface area contributed by atoms with E-state index >= 15 is 0 Å². The molecule has 2 rings (SSSR count). The zero-order valence-corrected chi connectivity index (χ0v) is 16.0. The molecule has 8 heteroatoms. The van der Waals surface area contributed by atoms with Gasteiger partial charge in [0.15, 0.2) is 0 Å². The van der Waals surface area contributed by atoms with E-state index in [1.165, 1.54) is 12.1 Å². The van der Waals surface area contributed by atoms with E-state index in [0.29, 0.717) is 22.8 Å². The van der Waals surface area contributed by atoms with E-state index in [-0.39, 0.29) is 19.1 Å². The fraction of sp³-hybridized carbons (Fsp3) is 0.400. The van der Waals surface area contributed by atoms with Gasteiger partial charge in [0.2, 0.25) is 0 Å². The molecule has 0 radical (unpaired) electrons. The molecule has 0 saturated carbocycles. The molecule has 2 aromatic rings. The maximum Gasteiger partial charge on any atom is 0.458 e. The van der Waals surface area contributed by atoms with E-state index < -0.39 is 17.7 Å². The summed E-state index contributed by atoms with van der Waals surface area (Å²) in [5, 5.41) is 0.654. The summed E-state index contributed by atoms with van der Waals surface area (Å²) >= 11 is 6.07. The SMILES string of the molecule is CCc1cc(OCC(CN)Cc2ccc(C(F)(F)C(F)(F)F)cc2)ccc1Cl. The molecule has 0 fully saturated rings. The number of halogens is 6. The Morgan fingerprint density at radius 1 is 1.04 bits per heavy atom. The normalized spacial score (nSPS) is 13.4. The van der Waals surface area contributed by atoms with Crippen molar-refractivity contribution in [2.24, 2.45) is 11.7 Å². The van der Waals surface area contributed by atoms with Crippen molar-refractivity contribution in [3.63, 3.8) is 0 Å². The minimum absolute atomic E-state index is 0.130. The maximum absolute atomic E-state index is 13.3. The van der Waals surface area contributed by atoms with Gasteiger partial charge < -0.3 is 10.5 Å². The van der Waals surface area contributed by atoms with Crippen molar-refractivity contribution in [1.29, 1.82) is 0 Å². The molecular formula is C20H21ClF5NO. The van der Waals surface area contributed by atoms with Crippen LogP contribution >= 0.6 is 11.6 Å². The fourth-order valence-electron chi connectivity index (χ4n) is 2.68. The summed E-state index contributed by atoms with van der Waals surface area (Å²) in [4.78, 5) is 0. The molecule has 0 saturated heterocycles. The molecule has 0 aromatic heterocycles. The second kappa shape index (κ2) is 9.09. The monoisotopic (exact) mass is 421 g/mol. The minimum atomic E-state index is -5.63. The molecule has 0 spiro atoms. The Hall–Kier alpha value is -1.86. The summed E-state index contributed by atoms with van der Waals surface area (Å²) in [6, 6.07) is 9.43. The molecule has 0 aliphatic heterocycles. The molecule has 0 aliphatic rings. The summed E-state index contributed by atoms with van der Waals surface area (Å²) in [6.07, 6.45) is -4.48. The highest BCUT2D eigenvalue weighted by Gasteiger charge is 2.58. The summed E-state index contributed by atoms with van der Waals surface area (Å²) in [5.74, 6) is -4.37. The van der Waals surface area contributed by atoms with Crippen molar-refractivity contribution in [2.75, 3.05) is 13.2 Å². The number of rotatable bonds is 8. The molecule has 154 valence electrons. The Kier molecular flexibility index (Phi) is 7.28. The topological polar surface area (TPSA) is 35.2 Å². The van der Waals surface area contributed by atoms with Gasteiger partial charge in [-0.2, -0.15) is 22.0 Å². The molecule has 2 aromatic carbocycles. The second-order valence-electron chi connectivity index (χ2n) is 6.49. The number of ether oxygens (including phenoxy) is 1. The van der Waals surface area contributed by atoms with Crippen molar-refractivity contribution >= 4 is 11.6 Å². The highest BCUT2D eigenvalue weighted by molar-refractivity contribution is 6.31. The van der Waals surface area contributed by atoms with E-state index in [1.807, 2.05) is 13.0 Å². The van der Waals surface area contributed by atoms with Crippen LogP contribution in [0, 0.1) is 5.92 Å². The molecule has 1 unspecified atom stereocenters. The van der Waals surface area contributed by atoms with E-state index in [0.717, 1.165) is 24.1 Å². The number of hydrogen-bond acceptors (Lipinski definition) is 2. The van der Waals surface area contributed by atoms with Crippen LogP contribution in [0.3, 0.4) is 0 Å². The van der Waals surface area contributed by atoms with E-state index in [2.05, 4.69) is 0 Å². The van der Waals surface area contributed by atoms with Crippen LogP contribution in [0.5, 0.6) is 5.75 Å². The Morgan fingerprint density at radius 3 is 2.21 bits per heavy atom. The van der Waals surface area contributed by atoms with E-state index in [9.17, 15) is 22.0 Å². The van der Waals surface area contributed by atoms with Crippen LogP contribution < -0.4 is 10.5 Å². The highest BCUT2D eigenvalue weighted by Crippen LogP contribution is 2.43. The summed E-state index contributed by atoms with van der Waals surface area (Å²) < 4.78 is 69.7. The Labute approximate surface area is 165 Å². The molecule has 2 N–H and O–H groups in total. The van der Waals surface area contributed by atoms with Crippen molar-refractivity contribution < 1.29 is 26.7 Å². The fourth-order valence-corrected chi connectivity index (χ4v) is 2.93. The second-order valence-corrected chi connectivity index (χ2v) is 6.90. The predicted octanol–water partition coefficient (Wildman–Crippen LogP) is 5.75. The number of nitrogens with two attached hydrogens (primary N) is 1. The van der Waals surface area contributed by atoms with Crippen molar-refractivity contribution in [3.05, 3.63) is 64.2 Å². The summed E-state index contributed by atoms with van der Waals surface area (Å²) in [5.41, 5.74) is 6.22. The van der Waals surface area contributed by atoms with Gasteiger partial charge in [-0.25, -0.2) is 0 Å². The van der Waals surface area contributed by atoms with Crippen LogP contribution in [-0.4, -0.2) is 19.3 Å². The first-order valence-corrected chi connectivity index (χ1v) is 9.11. The maximum atomic E-state index is 13.3. The van der Waals surface area contributed by atoms with E-state index in [1.54, 1.807) is 12.1 Å². The van der Waals surface area contributed by atoms with Gasteiger partial charge in [0.05, 0.1) is 6.61 Å². The molecule has 0 bridgehead atoms. The van der Waals surface area contributed by atoms with E-state index in [4.69, 9.17) is 22.1 Å². The first-order valence-electron chi connectivity index (χ1n) is 8.73. The number of alkyl halides is 5. The molecule has 0 amide bonds. The van der Waals surface area contributed by atoms with Gasteiger partial charge in [0.25, 0.3) is 0 Å². The zero-order chi connectivity index (χ0) is 20.9. The third-order valence-corrected chi connectivity index (χ3v) is 4.78. The Balaban J connectivity index is 2.01. The van der Waals surface area contributed by atoms with Crippen molar-refractivity contribution in [1.82, 2.24) is 0 Å². The lowest BCUT2D eigenvalue weighted by atomic mass is 9.98. The van der Waals surface area contributed by atoms with Crippen LogP contribution in [0.1, 0.15) is 23.6 Å². The number of aryl methyl sites for hydroxylation is 1. The van der Waals surface area contributed by atoms with Crippen LogP contribution in [0.25, 0.3) is 0 Å². The third-order valence-electron chi connectivity index (χ3n) is 4.41. The van der Waals surface area contributed by atoms with Gasteiger partial charge in [0.1, 0.15) is 5.75 Å². The lowest BCUT2D eigenvalue weighted by molar-refractivity contribution is -0.289. The average Bonchev–Trinajstić information content (AvgIpc) is 2.65. The van der Waals surface area contributed by atoms with Gasteiger partial charge >= 0.3 is 12.1 Å². The summed E-state index contributed by atoms with van der Waals surface area (Å²) in [6.45, 7) is 2.52. The van der Waals surface area contributed by atoms with Gasteiger partial charge in [-0.3, -0.25) is 0 Å². The molecule has 0 heterocycles. The Bertz CT molecular complexity index is 777. The first kappa shape index (κ1) is 22.4. The van der Waals surface area contributed by atoms with Gasteiger partial charge in [-0.15, -0.1) is 0 Å². The van der Waals surface area contributed by atoms with Crippen LogP contribution in [-0.2, 0) is 18.8 Å². The lowest BCUT2D eigenvalue weighted by Gasteiger charge is -2.20. The number of hydrogen-bond donors (Lipinski definition) is 1. The molecular weight excluding hydrogens is 401 g/mol. The van der Waals surface area contributed by atoms with Crippen molar-refractivity contribution in [2.45, 2.75) is 31.9 Å². The van der Waals surface area contributed by atoms with Crippen molar-refractivity contribution in [3.8, 4) is 5.75 Å². The first-order chi connectivity index (χ1) is 13.1. The zero-order valence-electron chi connectivity index (χ0n) is 15.2. The molecule has 2 nitrogen and oxygen atoms in total. The van der Waals surface area contributed by atoms with Crippen LogP contribution in [0.4, 0.5) is 22.0 Å². The van der Waals surface area contributed by atoms with Crippen LogP contribution in [0.15, 0.2) is 42.5 Å². The lowest BCUT2D eigenvalue weighted by Crippen LogP contribution is -2.33. The summed E-state index contributed by atoms with van der Waals surface area (Å²) in [7, 11) is 0. The third kappa shape index (κ3) is 5.35. The number of benzene rings is 2. The average molecular weight is 422 g/mol. The smallest absolute Gasteiger partial charge is 0.458 e. The minimum Gasteiger partial charge on any atom is -0.493 e.